The Balaban J connectivity index is -0.000000114. The van der Waals surface area contributed by atoms with Crippen LogP contribution in [0.25, 0.3) is 0 Å². The molecule has 0 atom stereocenters. The maximum Gasteiger partial charge on any atom is 0 e. The zero-order valence-electron chi connectivity index (χ0n) is 7.54. The SMILES string of the molecule is C[c-]1cccc1.[CH2-]C.[CH2-]C.[Pt]. The molecule has 0 fully saturated rings. The zero-order chi connectivity index (χ0) is 8.41. The van der Waals surface area contributed by atoms with Gasteiger partial charge in [0.15, 0.2) is 0 Å². The Morgan fingerprint density at radius 2 is 1.18 bits per heavy atom. The predicted octanol–water partition coefficient (Wildman–Crippen LogP) is 3.39. The summed E-state index contributed by atoms with van der Waals surface area (Å²) < 4.78 is 0. The van der Waals surface area contributed by atoms with Crippen LogP contribution in [0.1, 0.15) is 19.4 Å². The van der Waals surface area contributed by atoms with Crippen molar-refractivity contribution in [2.45, 2.75) is 20.8 Å². The second-order valence-corrected chi connectivity index (χ2v) is 1.46. The summed E-state index contributed by atoms with van der Waals surface area (Å²) in [6, 6.07) is 8.24. The molecule has 0 aliphatic heterocycles. The third kappa shape index (κ3) is 13.1. The third-order valence-electron chi connectivity index (χ3n) is 0.829. The van der Waals surface area contributed by atoms with Crippen LogP contribution in [0.2, 0.25) is 0 Å². The first-order valence-corrected chi connectivity index (χ1v) is 3.49. The smallest absolute Gasteiger partial charge is 0 e. The molecule has 0 heterocycles. The fraction of sp³-hybridized carbons (Fsp3) is 0.300. The molecule has 1 aromatic rings. The molecule has 0 aliphatic carbocycles. The van der Waals surface area contributed by atoms with Crippen LogP contribution in [0.5, 0.6) is 0 Å². The minimum Gasteiger partial charge on any atom is -0.346 e. The first-order chi connectivity index (χ1) is 4.89. The van der Waals surface area contributed by atoms with E-state index in [1.54, 1.807) is 13.8 Å². The summed E-state index contributed by atoms with van der Waals surface area (Å²) in [4.78, 5) is 0. The normalized spacial score (nSPS) is 5.91. The van der Waals surface area contributed by atoms with Gasteiger partial charge in [0.2, 0.25) is 0 Å². The van der Waals surface area contributed by atoms with E-state index in [9.17, 15) is 0 Å². The molecule has 0 N–H and O–H groups in total. The average molecular weight is 332 g/mol. The van der Waals surface area contributed by atoms with E-state index in [1.165, 1.54) is 5.56 Å². The zero-order valence-corrected chi connectivity index (χ0v) is 9.81. The van der Waals surface area contributed by atoms with Gasteiger partial charge in [0.05, 0.1) is 0 Å². The number of hydrogen-bond donors (Lipinski definition) is 0. The van der Waals surface area contributed by atoms with Crippen molar-refractivity contribution in [2.75, 3.05) is 0 Å². The first-order valence-electron chi connectivity index (χ1n) is 3.49. The molecule has 0 saturated heterocycles. The van der Waals surface area contributed by atoms with E-state index in [4.69, 9.17) is 0 Å². The van der Waals surface area contributed by atoms with Crippen LogP contribution in [0.3, 0.4) is 0 Å². The fourth-order valence-corrected chi connectivity index (χ4v) is 0.470. The molecule has 0 bridgehead atoms. The van der Waals surface area contributed by atoms with Crippen molar-refractivity contribution < 1.29 is 21.1 Å². The largest absolute Gasteiger partial charge is 0.346 e. The van der Waals surface area contributed by atoms with E-state index in [0.29, 0.717) is 0 Å². The molecule has 1 aromatic carbocycles. The second-order valence-electron chi connectivity index (χ2n) is 1.46. The molecule has 1 rings (SSSR count). The van der Waals surface area contributed by atoms with Crippen molar-refractivity contribution in [3.63, 3.8) is 0 Å². The second kappa shape index (κ2) is 16.6. The Kier molecular flexibility index (Phi) is 25.9. The van der Waals surface area contributed by atoms with Crippen molar-refractivity contribution in [1.82, 2.24) is 0 Å². The molecule has 0 saturated carbocycles. The minimum atomic E-state index is 0. The molecular formula is C10H17Pt-3. The van der Waals surface area contributed by atoms with E-state index >= 15 is 0 Å². The molecule has 0 spiro atoms. The van der Waals surface area contributed by atoms with Crippen LogP contribution in [0, 0.1) is 20.8 Å². The summed E-state index contributed by atoms with van der Waals surface area (Å²) in [5, 5.41) is 0. The van der Waals surface area contributed by atoms with Crippen LogP contribution < -0.4 is 0 Å². The molecular weight excluding hydrogens is 315 g/mol. The number of rotatable bonds is 0. The third-order valence-corrected chi connectivity index (χ3v) is 0.829. The molecule has 0 nitrogen and oxygen atoms in total. The van der Waals surface area contributed by atoms with Gasteiger partial charge >= 0.3 is 0 Å². The first kappa shape index (κ1) is 17.2. The Morgan fingerprint density at radius 3 is 1.27 bits per heavy atom. The van der Waals surface area contributed by atoms with E-state index < -0.39 is 0 Å². The molecule has 0 amide bonds. The van der Waals surface area contributed by atoms with Crippen molar-refractivity contribution >= 4 is 0 Å². The fourth-order valence-electron chi connectivity index (χ4n) is 0.470. The maximum atomic E-state index is 3.25. The van der Waals surface area contributed by atoms with E-state index in [2.05, 4.69) is 32.9 Å². The molecule has 11 heavy (non-hydrogen) atoms. The van der Waals surface area contributed by atoms with E-state index in [-0.39, 0.29) is 21.1 Å². The van der Waals surface area contributed by atoms with Gasteiger partial charge in [-0.05, 0) is 0 Å². The van der Waals surface area contributed by atoms with Gasteiger partial charge in [-0.15, -0.1) is 0 Å². The molecule has 1 heteroatoms. The van der Waals surface area contributed by atoms with Crippen molar-refractivity contribution in [2.24, 2.45) is 0 Å². The molecule has 0 unspecified atom stereocenters. The minimum absolute atomic E-state index is 0. The Bertz CT molecular complexity index is 108. The van der Waals surface area contributed by atoms with Crippen LogP contribution in [0.4, 0.5) is 0 Å². The van der Waals surface area contributed by atoms with Gasteiger partial charge in [0.25, 0.3) is 0 Å². The van der Waals surface area contributed by atoms with Gasteiger partial charge < -0.3 is 13.8 Å². The summed E-state index contributed by atoms with van der Waals surface area (Å²) in [5.41, 5.74) is 1.34. The standard InChI is InChI=1S/C6H7.2C2H5.Pt/c1-6-4-2-3-5-6;2*1-2;/h2-5H,1H3;2*1H2,2H3;/q3*-1;. The Labute approximate surface area is 85.6 Å². The number of hydrogen-bond acceptors (Lipinski definition) is 0. The average Bonchev–Trinajstić information content (AvgIpc) is 2.48. The van der Waals surface area contributed by atoms with E-state index in [0.717, 1.165) is 0 Å². The summed E-state index contributed by atoms with van der Waals surface area (Å²) in [7, 11) is 0. The predicted molar refractivity (Wildman–Crippen MR) is 48.8 cm³/mol. The van der Waals surface area contributed by atoms with Gasteiger partial charge in [-0.3, -0.25) is 0 Å². The number of aryl methyl sites for hydroxylation is 1. The summed E-state index contributed by atoms with van der Waals surface area (Å²) in [6.07, 6.45) is 0. The quantitative estimate of drug-likeness (QED) is 0.639. The van der Waals surface area contributed by atoms with Gasteiger partial charge in [0.1, 0.15) is 0 Å². The summed E-state index contributed by atoms with van der Waals surface area (Å²) >= 11 is 0. The van der Waals surface area contributed by atoms with Gasteiger partial charge in [-0.1, -0.05) is 6.92 Å². The Hall–Kier alpha value is 0.0383. The van der Waals surface area contributed by atoms with E-state index in [1.807, 2.05) is 12.1 Å². The van der Waals surface area contributed by atoms with Gasteiger partial charge in [-0.2, -0.15) is 31.5 Å². The van der Waals surface area contributed by atoms with Crippen LogP contribution in [-0.2, 0) is 21.1 Å². The van der Waals surface area contributed by atoms with Crippen molar-refractivity contribution in [3.8, 4) is 0 Å². The Morgan fingerprint density at radius 1 is 0.909 bits per heavy atom. The maximum absolute atomic E-state index is 3.25. The van der Waals surface area contributed by atoms with Crippen molar-refractivity contribution in [3.05, 3.63) is 43.7 Å². The van der Waals surface area contributed by atoms with Gasteiger partial charge in [-0.25, -0.2) is 12.1 Å². The summed E-state index contributed by atoms with van der Waals surface area (Å²) in [5.74, 6) is 0. The molecule has 0 radical (unpaired) electrons. The topological polar surface area (TPSA) is 0 Å². The van der Waals surface area contributed by atoms with Crippen LogP contribution >= 0.6 is 0 Å². The van der Waals surface area contributed by atoms with Crippen molar-refractivity contribution in [1.29, 1.82) is 0 Å². The van der Waals surface area contributed by atoms with Crippen LogP contribution in [-0.4, -0.2) is 0 Å². The van der Waals surface area contributed by atoms with Crippen LogP contribution in [0.15, 0.2) is 24.3 Å². The molecule has 0 aromatic heterocycles. The molecule has 0 aliphatic rings. The molecule has 70 valence electrons. The monoisotopic (exact) mass is 332 g/mol. The summed E-state index contributed by atoms with van der Waals surface area (Å²) in [6.45, 7) is 12.1. The van der Waals surface area contributed by atoms with Gasteiger partial charge in [0, 0.05) is 21.1 Å².